The number of rotatable bonds is 4. The van der Waals surface area contributed by atoms with E-state index in [0.29, 0.717) is 11.1 Å². The number of benzene rings is 2. The second kappa shape index (κ2) is 6.63. The Bertz CT molecular complexity index is 879. The normalized spacial score (nSPS) is 16.8. The molecule has 0 aromatic heterocycles. The van der Waals surface area contributed by atoms with Crippen LogP contribution < -0.4 is 5.32 Å². The highest BCUT2D eigenvalue weighted by Crippen LogP contribution is 2.36. The Labute approximate surface area is 151 Å². The van der Waals surface area contributed by atoms with Crippen LogP contribution in [0.25, 0.3) is 0 Å². The predicted molar refractivity (Wildman–Crippen MR) is 98.4 cm³/mol. The van der Waals surface area contributed by atoms with Crippen LogP contribution in [-0.4, -0.2) is 10.9 Å². The average molecular weight is 352 g/mol. The van der Waals surface area contributed by atoms with E-state index in [9.17, 15) is 14.9 Å². The first-order chi connectivity index (χ1) is 12.3. The molecule has 2 aromatic rings. The van der Waals surface area contributed by atoms with E-state index in [1.807, 2.05) is 24.3 Å². The second-order valence-electron chi connectivity index (χ2n) is 7.17. The quantitative estimate of drug-likeness (QED) is 0.500. The molecular formula is C20H20N2O4. The largest absolute Gasteiger partial charge is 0.442 e. The summed E-state index contributed by atoms with van der Waals surface area (Å²) in [4.78, 5) is 22.9. The van der Waals surface area contributed by atoms with Crippen molar-refractivity contribution in [2.45, 2.75) is 32.3 Å². The molecule has 2 aromatic carbocycles. The van der Waals surface area contributed by atoms with Gasteiger partial charge in [0.2, 0.25) is 6.10 Å². The lowest BCUT2D eigenvalue weighted by molar-refractivity contribution is -0.436. The van der Waals surface area contributed by atoms with Crippen molar-refractivity contribution in [3.05, 3.63) is 87.2 Å². The Morgan fingerprint density at radius 3 is 2.42 bits per heavy atom. The van der Waals surface area contributed by atoms with Gasteiger partial charge in [0.25, 0.3) is 0 Å². The van der Waals surface area contributed by atoms with Gasteiger partial charge in [0.05, 0.1) is 16.7 Å². The number of nitro groups is 1. The van der Waals surface area contributed by atoms with Gasteiger partial charge in [0.15, 0.2) is 0 Å². The fourth-order valence-corrected chi connectivity index (χ4v) is 2.81. The molecule has 6 nitrogen and oxygen atoms in total. The van der Waals surface area contributed by atoms with Crippen LogP contribution in [0.4, 0.5) is 5.69 Å². The third kappa shape index (κ3) is 3.44. The molecule has 1 heterocycles. The summed E-state index contributed by atoms with van der Waals surface area (Å²) in [5.41, 5.74) is 2.56. The summed E-state index contributed by atoms with van der Waals surface area (Å²) in [5, 5.41) is 14.4. The average Bonchev–Trinajstić information content (AvgIpc) is 2.92. The van der Waals surface area contributed by atoms with Crippen LogP contribution in [0.2, 0.25) is 0 Å². The number of carbonyl (C=O) groups excluding carboxylic acids is 1. The molecule has 0 radical (unpaired) electrons. The summed E-state index contributed by atoms with van der Waals surface area (Å²) >= 11 is 0. The molecular weight excluding hydrogens is 332 g/mol. The van der Waals surface area contributed by atoms with Gasteiger partial charge in [-0.2, -0.15) is 0 Å². The van der Waals surface area contributed by atoms with Crippen LogP contribution in [0.5, 0.6) is 0 Å². The van der Waals surface area contributed by atoms with Crippen molar-refractivity contribution < 1.29 is 14.5 Å². The van der Waals surface area contributed by atoms with E-state index < -0.39 is 17.0 Å². The number of nitrogens with zero attached hydrogens (tertiary/aromatic N) is 1. The molecule has 1 aliphatic rings. The van der Waals surface area contributed by atoms with Gasteiger partial charge in [0.1, 0.15) is 0 Å². The summed E-state index contributed by atoms with van der Waals surface area (Å²) in [6, 6.07) is 14.4. The first-order valence-electron chi connectivity index (χ1n) is 8.29. The smallest absolute Gasteiger partial charge is 0.339 e. The number of ether oxygens (including phenoxy) is 1. The molecule has 6 heteroatoms. The maximum absolute atomic E-state index is 11.9. The lowest BCUT2D eigenvalue weighted by atomic mass is 9.87. The standard InChI is InChI=1S/C20H20N2O4/c1-20(2,3)13-8-10-14(11-9-13)21-12-17(22(24)25)18-15-6-4-5-7-16(15)19(23)26-18/h4-12,18,21H,1-3H3. The highest BCUT2D eigenvalue weighted by atomic mass is 16.6. The summed E-state index contributed by atoms with van der Waals surface area (Å²) in [6.45, 7) is 6.35. The molecule has 0 aliphatic carbocycles. The Hall–Kier alpha value is -3.15. The first kappa shape index (κ1) is 17.7. The highest BCUT2D eigenvalue weighted by Gasteiger charge is 2.39. The van der Waals surface area contributed by atoms with E-state index >= 15 is 0 Å². The van der Waals surface area contributed by atoms with Crippen molar-refractivity contribution >= 4 is 11.7 Å². The molecule has 26 heavy (non-hydrogen) atoms. The maximum atomic E-state index is 11.9. The number of hydrogen-bond acceptors (Lipinski definition) is 5. The highest BCUT2D eigenvalue weighted by molar-refractivity contribution is 5.94. The van der Waals surface area contributed by atoms with Crippen LogP contribution in [0.3, 0.4) is 0 Å². The van der Waals surface area contributed by atoms with Crippen molar-refractivity contribution in [2.75, 3.05) is 5.32 Å². The van der Waals surface area contributed by atoms with Crippen LogP contribution in [-0.2, 0) is 10.2 Å². The molecule has 134 valence electrons. The molecule has 0 spiro atoms. The van der Waals surface area contributed by atoms with Gasteiger partial charge in [-0.15, -0.1) is 0 Å². The fourth-order valence-electron chi connectivity index (χ4n) is 2.81. The Morgan fingerprint density at radius 2 is 1.81 bits per heavy atom. The van der Waals surface area contributed by atoms with E-state index in [-0.39, 0.29) is 11.1 Å². The lowest BCUT2D eigenvalue weighted by Gasteiger charge is -2.19. The molecule has 0 saturated carbocycles. The number of nitrogens with one attached hydrogen (secondary N) is 1. The summed E-state index contributed by atoms with van der Waals surface area (Å²) in [5.74, 6) is -0.548. The fraction of sp³-hybridized carbons (Fsp3) is 0.250. The van der Waals surface area contributed by atoms with Gasteiger partial charge in [-0.05, 0) is 29.2 Å². The number of esters is 1. The van der Waals surface area contributed by atoms with E-state index in [4.69, 9.17) is 4.74 Å². The van der Waals surface area contributed by atoms with E-state index in [2.05, 4.69) is 26.1 Å². The number of carbonyl (C=O) groups is 1. The summed E-state index contributed by atoms with van der Waals surface area (Å²) in [6.07, 6.45) is 0.265. The minimum Gasteiger partial charge on any atom is -0.442 e. The molecule has 3 rings (SSSR count). The first-order valence-corrected chi connectivity index (χ1v) is 8.29. The molecule has 0 amide bonds. The van der Waals surface area contributed by atoms with Gasteiger partial charge in [-0.3, -0.25) is 10.1 Å². The van der Waals surface area contributed by atoms with Crippen molar-refractivity contribution in [3.8, 4) is 0 Å². The van der Waals surface area contributed by atoms with Crippen LogP contribution in [0.1, 0.15) is 48.4 Å². The third-order valence-electron chi connectivity index (χ3n) is 4.31. The van der Waals surface area contributed by atoms with Crippen molar-refractivity contribution in [1.29, 1.82) is 0 Å². The molecule has 1 aliphatic heterocycles. The zero-order valence-electron chi connectivity index (χ0n) is 14.9. The van der Waals surface area contributed by atoms with Gasteiger partial charge in [0, 0.05) is 11.3 Å². The van der Waals surface area contributed by atoms with Crippen molar-refractivity contribution in [2.24, 2.45) is 0 Å². The number of hydrogen-bond donors (Lipinski definition) is 1. The predicted octanol–water partition coefficient (Wildman–Crippen LogP) is 4.43. The van der Waals surface area contributed by atoms with Gasteiger partial charge in [-0.1, -0.05) is 51.1 Å². The summed E-state index contributed by atoms with van der Waals surface area (Å²) < 4.78 is 5.22. The van der Waals surface area contributed by atoms with Crippen LogP contribution in [0, 0.1) is 10.1 Å². The summed E-state index contributed by atoms with van der Waals surface area (Å²) in [7, 11) is 0. The van der Waals surface area contributed by atoms with Crippen molar-refractivity contribution in [1.82, 2.24) is 0 Å². The number of cyclic esters (lactones) is 1. The third-order valence-corrected chi connectivity index (χ3v) is 4.31. The molecule has 0 saturated heterocycles. The van der Waals surface area contributed by atoms with Gasteiger partial charge in [-0.25, -0.2) is 4.79 Å². The topological polar surface area (TPSA) is 81.5 Å². The molecule has 1 N–H and O–H groups in total. The molecule has 1 atom stereocenters. The lowest BCUT2D eigenvalue weighted by Crippen LogP contribution is -2.12. The van der Waals surface area contributed by atoms with Crippen molar-refractivity contribution in [3.63, 3.8) is 0 Å². The van der Waals surface area contributed by atoms with E-state index in [1.165, 1.54) is 11.8 Å². The monoisotopic (exact) mass is 352 g/mol. The SMILES string of the molecule is CC(C)(C)c1ccc(NC=C(C2OC(=O)c3ccccc32)[N+](=O)[O-])cc1. The number of anilines is 1. The van der Waals surface area contributed by atoms with E-state index in [1.54, 1.807) is 24.3 Å². The van der Waals surface area contributed by atoms with Gasteiger partial charge < -0.3 is 10.1 Å². The minimum absolute atomic E-state index is 0.0299. The minimum atomic E-state index is -1.02. The molecule has 0 bridgehead atoms. The molecule has 0 fully saturated rings. The molecule has 1 unspecified atom stereocenters. The maximum Gasteiger partial charge on any atom is 0.339 e. The Kier molecular flexibility index (Phi) is 4.50. The zero-order valence-corrected chi connectivity index (χ0v) is 14.9. The Morgan fingerprint density at radius 1 is 1.15 bits per heavy atom. The van der Waals surface area contributed by atoms with Gasteiger partial charge >= 0.3 is 11.7 Å². The van der Waals surface area contributed by atoms with Crippen LogP contribution in [0.15, 0.2) is 60.4 Å². The Balaban J connectivity index is 1.86. The second-order valence-corrected chi connectivity index (χ2v) is 7.17. The zero-order chi connectivity index (χ0) is 18.9. The number of fused-ring (bicyclic) bond motifs is 1. The van der Waals surface area contributed by atoms with Crippen LogP contribution >= 0.6 is 0 Å². The van der Waals surface area contributed by atoms with E-state index in [0.717, 1.165) is 5.69 Å².